The van der Waals surface area contributed by atoms with Crippen LogP contribution in [0.2, 0.25) is 0 Å². The van der Waals surface area contributed by atoms with Gasteiger partial charge in [0.25, 0.3) is 0 Å². The van der Waals surface area contributed by atoms with E-state index < -0.39 is 6.09 Å². The third-order valence-corrected chi connectivity index (χ3v) is 4.57. The highest BCUT2D eigenvalue weighted by Crippen LogP contribution is 2.45. The zero-order chi connectivity index (χ0) is 14.8. The first kappa shape index (κ1) is 16.7. The van der Waals surface area contributed by atoms with Crippen molar-refractivity contribution in [1.82, 2.24) is 0 Å². The highest BCUT2D eigenvalue weighted by Gasteiger charge is 2.41. The number of amides is 1. The van der Waals surface area contributed by atoms with Crippen LogP contribution < -0.4 is 33.8 Å². The smallest absolute Gasteiger partial charge is 0.411 e. The van der Waals surface area contributed by atoms with Crippen LogP contribution in [0.25, 0.3) is 0 Å². The highest BCUT2D eigenvalue weighted by atomic mass is 35.5. The second-order valence-electron chi connectivity index (χ2n) is 5.97. The SMILES string of the molecule is CCOC(=O)Nc1ccc(NC2CC3CCC2C3)[nH+]c1N.[Cl-]. The first-order valence-corrected chi connectivity index (χ1v) is 7.67. The molecule has 0 spiro atoms. The standard InChI is InChI=1S/C15H22N4O2.ClH/c1-2-21-15(20)18-11-5-6-13(19-14(11)16)17-12-8-9-3-4-10(12)7-9;/h5-6,9-10,12H,2-4,7-8H2,1H3,(H,18,20)(H3,16,17,19);1H. The molecule has 3 rings (SSSR count). The zero-order valence-corrected chi connectivity index (χ0v) is 13.5. The molecule has 3 unspecified atom stereocenters. The molecular weight excluding hydrogens is 304 g/mol. The number of aromatic amines is 1. The molecule has 2 bridgehead atoms. The van der Waals surface area contributed by atoms with Gasteiger partial charge in [0.05, 0.1) is 12.6 Å². The van der Waals surface area contributed by atoms with Gasteiger partial charge in [0, 0.05) is 6.07 Å². The molecule has 6 nitrogen and oxygen atoms in total. The second kappa shape index (κ2) is 7.05. The number of carbonyl (C=O) groups is 1. The number of pyridine rings is 1. The molecule has 1 heterocycles. The quantitative estimate of drug-likeness (QED) is 0.679. The van der Waals surface area contributed by atoms with Crippen molar-refractivity contribution in [2.45, 2.75) is 38.6 Å². The molecule has 7 heteroatoms. The van der Waals surface area contributed by atoms with Gasteiger partial charge in [-0.1, -0.05) is 0 Å². The van der Waals surface area contributed by atoms with Crippen molar-refractivity contribution < 1.29 is 26.9 Å². The number of anilines is 3. The maximum Gasteiger partial charge on any atom is 0.411 e. The summed E-state index contributed by atoms with van der Waals surface area (Å²) < 4.78 is 4.84. The van der Waals surface area contributed by atoms with Gasteiger partial charge in [0.1, 0.15) is 5.69 Å². The number of H-pyrrole nitrogens is 1. The van der Waals surface area contributed by atoms with E-state index in [1.54, 1.807) is 13.0 Å². The second-order valence-corrected chi connectivity index (χ2v) is 5.97. The van der Waals surface area contributed by atoms with E-state index in [4.69, 9.17) is 10.5 Å². The monoisotopic (exact) mass is 326 g/mol. The van der Waals surface area contributed by atoms with Gasteiger partial charge in [0.15, 0.2) is 0 Å². The number of fused-ring (bicyclic) bond motifs is 2. The Morgan fingerprint density at radius 3 is 2.82 bits per heavy atom. The predicted molar refractivity (Wildman–Crippen MR) is 80.9 cm³/mol. The number of nitrogens with one attached hydrogen (secondary N) is 3. The van der Waals surface area contributed by atoms with E-state index in [2.05, 4.69) is 15.6 Å². The first-order chi connectivity index (χ1) is 10.2. The van der Waals surface area contributed by atoms with E-state index in [9.17, 15) is 4.79 Å². The molecule has 1 aromatic heterocycles. The summed E-state index contributed by atoms with van der Waals surface area (Å²) in [6, 6.07) is 4.24. The maximum absolute atomic E-state index is 11.4. The van der Waals surface area contributed by atoms with Crippen molar-refractivity contribution in [3.8, 4) is 0 Å². The fourth-order valence-electron chi connectivity index (χ4n) is 3.60. The highest BCUT2D eigenvalue weighted by molar-refractivity contribution is 5.87. The van der Waals surface area contributed by atoms with E-state index >= 15 is 0 Å². The minimum absolute atomic E-state index is 0. The Kier molecular flexibility index (Phi) is 5.34. The summed E-state index contributed by atoms with van der Waals surface area (Å²) >= 11 is 0. The normalized spacial score (nSPS) is 25.4. The molecule has 2 aliphatic carbocycles. The van der Waals surface area contributed by atoms with E-state index in [1.807, 2.05) is 6.07 Å². The Labute approximate surface area is 136 Å². The Morgan fingerprint density at radius 1 is 1.41 bits per heavy atom. The summed E-state index contributed by atoms with van der Waals surface area (Å²) in [5.74, 6) is 3.02. The van der Waals surface area contributed by atoms with E-state index in [1.165, 1.54) is 25.7 Å². The largest absolute Gasteiger partial charge is 1.00 e. The molecule has 122 valence electrons. The van der Waals surface area contributed by atoms with Crippen molar-refractivity contribution in [3.63, 3.8) is 0 Å². The Balaban J connectivity index is 0.00000176. The van der Waals surface area contributed by atoms with Gasteiger partial charge in [-0.15, -0.1) is 0 Å². The molecular formula is C15H23ClN4O2. The van der Waals surface area contributed by atoms with Crippen LogP contribution in [0, 0.1) is 11.8 Å². The number of aromatic nitrogens is 1. The number of hydrogen-bond donors (Lipinski definition) is 3. The van der Waals surface area contributed by atoms with Crippen LogP contribution in [-0.4, -0.2) is 18.7 Å². The molecule has 22 heavy (non-hydrogen) atoms. The third kappa shape index (κ3) is 3.55. The van der Waals surface area contributed by atoms with Crippen LogP contribution in [0.5, 0.6) is 0 Å². The molecule has 0 aliphatic heterocycles. The van der Waals surface area contributed by atoms with Crippen LogP contribution in [0.1, 0.15) is 32.6 Å². The summed E-state index contributed by atoms with van der Waals surface area (Å²) in [6.07, 6.45) is 4.83. The van der Waals surface area contributed by atoms with Gasteiger partial charge in [-0.3, -0.25) is 5.32 Å². The molecule has 5 N–H and O–H groups in total. The van der Waals surface area contributed by atoms with E-state index in [0.29, 0.717) is 24.2 Å². The van der Waals surface area contributed by atoms with Gasteiger partial charge in [-0.05, 0) is 50.5 Å². The van der Waals surface area contributed by atoms with Crippen molar-refractivity contribution >= 4 is 23.4 Å². The summed E-state index contributed by atoms with van der Waals surface area (Å²) in [6.45, 7) is 2.09. The van der Waals surface area contributed by atoms with Gasteiger partial charge in [0.2, 0.25) is 11.6 Å². The molecule has 1 aromatic rings. The number of rotatable bonds is 4. The van der Waals surface area contributed by atoms with E-state index in [0.717, 1.165) is 17.7 Å². The van der Waals surface area contributed by atoms with Crippen molar-refractivity contribution in [2.24, 2.45) is 11.8 Å². The summed E-state index contributed by atoms with van der Waals surface area (Å²) in [5, 5.41) is 6.15. The van der Waals surface area contributed by atoms with Crippen molar-refractivity contribution in [1.29, 1.82) is 0 Å². The lowest BCUT2D eigenvalue weighted by molar-refractivity contribution is -0.342. The van der Waals surface area contributed by atoms with Crippen LogP contribution in [0.3, 0.4) is 0 Å². The van der Waals surface area contributed by atoms with Crippen LogP contribution in [0.4, 0.5) is 22.1 Å². The van der Waals surface area contributed by atoms with Gasteiger partial charge >= 0.3 is 6.09 Å². The third-order valence-electron chi connectivity index (χ3n) is 4.57. The molecule has 0 saturated heterocycles. The summed E-state index contributed by atoms with van der Waals surface area (Å²) in [4.78, 5) is 14.5. The van der Waals surface area contributed by atoms with Crippen molar-refractivity contribution in [2.75, 3.05) is 23.0 Å². The Morgan fingerprint density at radius 2 is 2.23 bits per heavy atom. The topological polar surface area (TPSA) is 90.5 Å². The van der Waals surface area contributed by atoms with Crippen LogP contribution in [-0.2, 0) is 4.74 Å². The fraction of sp³-hybridized carbons (Fsp3) is 0.600. The fourth-order valence-corrected chi connectivity index (χ4v) is 3.60. The maximum atomic E-state index is 11.4. The minimum atomic E-state index is -0.494. The number of carbonyl (C=O) groups excluding carboxylic acids is 1. The molecule has 2 fully saturated rings. The molecule has 0 radical (unpaired) electrons. The van der Waals surface area contributed by atoms with Crippen LogP contribution in [0.15, 0.2) is 12.1 Å². The number of nitrogen functional groups attached to an aromatic ring is 1. The lowest BCUT2D eigenvalue weighted by atomic mass is 9.95. The van der Waals surface area contributed by atoms with Gasteiger partial charge in [-0.2, -0.15) is 0 Å². The zero-order valence-electron chi connectivity index (χ0n) is 12.7. The summed E-state index contributed by atoms with van der Waals surface area (Å²) in [5.41, 5.74) is 6.48. The number of halogens is 1. The predicted octanol–water partition coefficient (Wildman–Crippen LogP) is -0.744. The van der Waals surface area contributed by atoms with Gasteiger partial charge in [-0.25, -0.2) is 9.78 Å². The Bertz CT molecular complexity index is 540. The average molecular weight is 327 g/mol. The molecule has 3 atom stereocenters. The van der Waals surface area contributed by atoms with Crippen LogP contribution >= 0.6 is 0 Å². The molecule has 0 aromatic carbocycles. The number of hydrogen-bond acceptors (Lipinski definition) is 4. The van der Waals surface area contributed by atoms with E-state index in [-0.39, 0.29) is 12.4 Å². The lowest BCUT2D eigenvalue weighted by Crippen LogP contribution is -3.00. The van der Waals surface area contributed by atoms with Gasteiger partial charge < -0.3 is 28.2 Å². The summed E-state index contributed by atoms with van der Waals surface area (Å²) in [7, 11) is 0. The molecule has 2 saturated carbocycles. The van der Waals surface area contributed by atoms with Crippen molar-refractivity contribution in [3.05, 3.63) is 12.1 Å². The minimum Gasteiger partial charge on any atom is -1.00 e. The molecule has 2 aliphatic rings. The first-order valence-electron chi connectivity index (χ1n) is 7.67. The average Bonchev–Trinajstić information content (AvgIpc) is 3.04. The lowest BCUT2D eigenvalue weighted by Gasteiger charge is -2.20. The number of nitrogens with two attached hydrogens (primary N) is 1. The number of ether oxygens (including phenoxy) is 1. The molecule has 1 amide bonds. The Hall–Kier alpha value is -1.69.